The van der Waals surface area contributed by atoms with Crippen molar-refractivity contribution in [2.75, 3.05) is 13.2 Å². The Labute approximate surface area is 120 Å². The minimum atomic E-state index is -0.483. The van der Waals surface area contributed by atoms with Gasteiger partial charge in [-0.25, -0.2) is 0 Å². The highest BCUT2D eigenvalue weighted by atomic mass is 127. The van der Waals surface area contributed by atoms with Gasteiger partial charge < -0.3 is 14.2 Å². The Balaban J connectivity index is 1.77. The Bertz CT molecular complexity index is 390. The Hall–Kier alpha value is -0.140. The van der Waals surface area contributed by atoms with Crippen molar-refractivity contribution in [2.45, 2.75) is 42.0 Å². The summed E-state index contributed by atoms with van der Waals surface area (Å²) in [6.07, 6.45) is 6.25. The van der Waals surface area contributed by atoms with Gasteiger partial charge in [-0.3, -0.25) is 4.79 Å². The third kappa shape index (κ3) is 1.82. The van der Waals surface area contributed by atoms with Gasteiger partial charge in [0.15, 0.2) is 6.29 Å². The van der Waals surface area contributed by atoms with Crippen LogP contribution in [0.2, 0.25) is 0 Å². The van der Waals surface area contributed by atoms with Gasteiger partial charge >= 0.3 is 5.97 Å². The molecule has 5 heteroatoms. The van der Waals surface area contributed by atoms with Gasteiger partial charge in [-0.15, -0.1) is 0 Å². The van der Waals surface area contributed by atoms with Crippen LogP contribution in [0.25, 0.3) is 0 Å². The number of hydrogen-bond acceptors (Lipinski definition) is 4. The van der Waals surface area contributed by atoms with E-state index in [1.165, 1.54) is 0 Å². The Morgan fingerprint density at radius 1 is 1.44 bits per heavy atom. The molecule has 18 heavy (non-hydrogen) atoms. The number of esters is 1. The Morgan fingerprint density at radius 3 is 2.89 bits per heavy atom. The molecule has 2 bridgehead atoms. The van der Waals surface area contributed by atoms with E-state index in [-0.39, 0.29) is 21.8 Å². The lowest BCUT2D eigenvalue weighted by Crippen LogP contribution is -2.42. The fourth-order valence-electron chi connectivity index (χ4n) is 3.05. The molecule has 0 aromatic heterocycles. The lowest BCUT2D eigenvalue weighted by Gasteiger charge is -2.34. The summed E-state index contributed by atoms with van der Waals surface area (Å²) in [6.45, 7) is 3.34. The van der Waals surface area contributed by atoms with Crippen molar-refractivity contribution in [3.8, 4) is 0 Å². The van der Waals surface area contributed by atoms with Crippen molar-refractivity contribution < 1.29 is 19.0 Å². The number of halogens is 1. The highest BCUT2D eigenvalue weighted by Crippen LogP contribution is 2.54. The van der Waals surface area contributed by atoms with Gasteiger partial charge in [-0.05, 0) is 19.8 Å². The van der Waals surface area contributed by atoms with E-state index in [2.05, 4.69) is 28.7 Å². The molecule has 1 aliphatic carbocycles. The largest absolute Gasteiger partial charge is 0.457 e. The van der Waals surface area contributed by atoms with Crippen LogP contribution in [0.15, 0.2) is 12.2 Å². The van der Waals surface area contributed by atoms with Gasteiger partial charge in [0.2, 0.25) is 0 Å². The van der Waals surface area contributed by atoms with Crippen molar-refractivity contribution in [1.82, 2.24) is 0 Å². The number of carbonyl (C=O) groups is 1. The second kappa shape index (κ2) is 4.45. The first-order chi connectivity index (χ1) is 8.57. The van der Waals surface area contributed by atoms with Crippen molar-refractivity contribution in [3.05, 3.63) is 12.2 Å². The van der Waals surface area contributed by atoms with Crippen LogP contribution in [0.5, 0.6) is 0 Å². The third-order valence-electron chi connectivity index (χ3n) is 4.12. The number of rotatable bonds is 3. The molecule has 0 aromatic rings. The lowest BCUT2D eigenvalue weighted by atomic mass is 9.72. The zero-order chi connectivity index (χ0) is 12.8. The van der Waals surface area contributed by atoms with Crippen molar-refractivity contribution >= 4 is 28.6 Å². The van der Waals surface area contributed by atoms with E-state index < -0.39 is 5.41 Å². The summed E-state index contributed by atoms with van der Waals surface area (Å²) < 4.78 is 16.7. The minimum Gasteiger partial charge on any atom is -0.457 e. The third-order valence-corrected chi connectivity index (χ3v) is 6.55. The second-order valence-electron chi connectivity index (χ2n) is 5.42. The summed E-state index contributed by atoms with van der Waals surface area (Å²) >= 11 is 2.36. The maximum absolute atomic E-state index is 12.2. The zero-order valence-corrected chi connectivity index (χ0v) is 12.5. The zero-order valence-electron chi connectivity index (χ0n) is 10.4. The van der Waals surface area contributed by atoms with Gasteiger partial charge in [0, 0.05) is 6.42 Å². The van der Waals surface area contributed by atoms with Crippen LogP contribution in [0, 0.1) is 5.41 Å². The Kier molecular flexibility index (Phi) is 3.18. The number of fused-ring (bicyclic) bond motifs is 2. The van der Waals surface area contributed by atoms with E-state index >= 15 is 0 Å². The molecule has 2 saturated heterocycles. The molecule has 3 aliphatic rings. The van der Waals surface area contributed by atoms with Crippen LogP contribution in [0.3, 0.4) is 0 Å². The average Bonchev–Trinajstić information content (AvgIpc) is 2.86. The molecule has 4 nitrogen and oxygen atoms in total. The van der Waals surface area contributed by atoms with Crippen molar-refractivity contribution in [1.29, 1.82) is 0 Å². The van der Waals surface area contributed by atoms with Crippen molar-refractivity contribution in [2.24, 2.45) is 5.41 Å². The van der Waals surface area contributed by atoms with E-state index in [1.54, 1.807) is 0 Å². The van der Waals surface area contributed by atoms with Crippen LogP contribution in [0.4, 0.5) is 0 Å². The van der Waals surface area contributed by atoms with E-state index in [0.717, 1.165) is 19.3 Å². The molecular weight excluding hydrogens is 347 g/mol. The smallest absolute Gasteiger partial charge is 0.317 e. The molecule has 0 N–H and O–H groups in total. The number of carbonyl (C=O) groups excluding carboxylic acids is 1. The molecule has 2 aliphatic heterocycles. The minimum absolute atomic E-state index is 0.0869. The number of hydrogen-bond donors (Lipinski definition) is 0. The molecule has 0 saturated carbocycles. The van der Waals surface area contributed by atoms with E-state index in [1.807, 2.05) is 13.0 Å². The first-order valence-corrected chi connectivity index (χ1v) is 7.60. The second-order valence-corrected chi connectivity index (χ2v) is 6.67. The molecule has 100 valence electrons. The molecule has 0 radical (unpaired) electrons. The summed E-state index contributed by atoms with van der Waals surface area (Å²) in [5.74, 6) is -0.0869. The van der Waals surface area contributed by atoms with Crippen LogP contribution in [0.1, 0.15) is 26.2 Å². The lowest BCUT2D eigenvalue weighted by molar-refractivity contribution is -0.151. The van der Waals surface area contributed by atoms with Crippen LogP contribution in [-0.2, 0) is 19.0 Å². The van der Waals surface area contributed by atoms with Gasteiger partial charge in [0.05, 0.1) is 17.1 Å². The summed E-state index contributed by atoms with van der Waals surface area (Å²) in [7, 11) is 0. The molecule has 2 heterocycles. The molecule has 2 fully saturated rings. The summed E-state index contributed by atoms with van der Waals surface area (Å²) in [5, 5.41) is 0. The highest BCUT2D eigenvalue weighted by Gasteiger charge is 2.61. The molecule has 0 amide bonds. The first-order valence-electron chi connectivity index (χ1n) is 6.35. The van der Waals surface area contributed by atoms with Gasteiger partial charge in [-0.1, -0.05) is 34.7 Å². The molecule has 0 aromatic carbocycles. The van der Waals surface area contributed by atoms with Crippen LogP contribution in [-0.4, -0.2) is 35.0 Å². The van der Waals surface area contributed by atoms with E-state index in [9.17, 15) is 4.79 Å². The molecular formula is C13H17IO4. The van der Waals surface area contributed by atoms with E-state index in [4.69, 9.17) is 14.2 Å². The molecule has 3 atom stereocenters. The standard InChI is InChI=1S/C13H17IO4/c1-12-4-2-5-13(10(12)14,11(15)18-12)6-3-9-16-7-8-17-9/h2,5,9-10H,3-4,6-8H2,1H3/t10?,12-,13-/m1/s1. The van der Waals surface area contributed by atoms with Crippen molar-refractivity contribution in [3.63, 3.8) is 0 Å². The van der Waals surface area contributed by atoms with E-state index in [0.29, 0.717) is 13.2 Å². The topological polar surface area (TPSA) is 44.8 Å². The van der Waals surface area contributed by atoms with Crippen LogP contribution >= 0.6 is 22.6 Å². The van der Waals surface area contributed by atoms with Gasteiger partial charge in [-0.2, -0.15) is 0 Å². The van der Waals surface area contributed by atoms with Gasteiger partial charge in [0.1, 0.15) is 11.0 Å². The predicted molar refractivity (Wildman–Crippen MR) is 73.4 cm³/mol. The molecule has 3 rings (SSSR count). The summed E-state index contributed by atoms with van der Waals surface area (Å²) in [5.41, 5.74) is -0.827. The SMILES string of the molecule is C[C@]12CC=C[C@](CCC3OCCO3)(C(=O)O1)C2I. The first kappa shape index (κ1) is 12.9. The maximum atomic E-state index is 12.2. The Morgan fingerprint density at radius 2 is 2.17 bits per heavy atom. The van der Waals surface area contributed by atoms with Crippen LogP contribution < -0.4 is 0 Å². The maximum Gasteiger partial charge on any atom is 0.317 e. The summed E-state index contributed by atoms with van der Waals surface area (Å²) in [4.78, 5) is 12.2. The number of alkyl halides is 1. The summed E-state index contributed by atoms with van der Waals surface area (Å²) in [6, 6.07) is 0. The highest BCUT2D eigenvalue weighted by molar-refractivity contribution is 14.1. The fraction of sp³-hybridized carbons (Fsp3) is 0.769. The molecule has 1 unspecified atom stereocenters. The number of ether oxygens (including phenoxy) is 3. The predicted octanol–water partition coefficient (Wildman–Crippen LogP) is 2.20. The normalized spacial score (nSPS) is 43.4. The average molecular weight is 364 g/mol. The molecule has 0 spiro atoms. The quantitative estimate of drug-likeness (QED) is 0.333. The fourth-order valence-corrected chi connectivity index (χ4v) is 4.21. The monoisotopic (exact) mass is 364 g/mol. The van der Waals surface area contributed by atoms with Gasteiger partial charge in [0.25, 0.3) is 0 Å².